The molecule has 102 valence electrons. The summed E-state index contributed by atoms with van der Waals surface area (Å²) in [6, 6.07) is 0. The molecule has 0 radical (unpaired) electrons. The van der Waals surface area contributed by atoms with Gasteiger partial charge in [0, 0.05) is 6.21 Å². The highest BCUT2D eigenvalue weighted by atomic mass is 16.5. The Morgan fingerprint density at radius 3 is 2.95 bits per heavy atom. The van der Waals surface area contributed by atoms with Crippen LogP contribution in [0.5, 0.6) is 0 Å². The van der Waals surface area contributed by atoms with E-state index in [-0.39, 0.29) is 5.69 Å². The fourth-order valence-corrected chi connectivity index (χ4v) is 1.94. The molecular weight excluding hydrogens is 244 g/mol. The van der Waals surface area contributed by atoms with E-state index in [1.54, 1.807) is 13.1 Å². The Morgan fingerprint density at radius 2 is 2.37 bits per heavy atom. The molecule has 0 spiro atoms. The Bertz CT molecular complexity index is 525. The Hall–Kier alpha value is -1.91. The number of ether oxygens (including phenoxy) is 1. The third kappa shape index (κ3) is 2.92. The third-order valence-corrected chi connectivity index (χ3v) is 3.07. The average molecular weight is 262 g/mol. The van der Waals surface area contributed by atoms with Crippen LogP contribution in [0.2, 0.25) is 0 Å². The number of carbonyl (C=O) groups is 1. The lowest BCUT2D eigenvalue weighted by molar-refractivity contribution is 0.0519. The SMILES string of the molecule is C/C=N\C(=C(/C)C1CC1)c1ocnc1C(=O)OCC. The first-order chi connectivity index (χ1) is 9.19. The molecule has 1 saturated carbocycles. The highest BCUT2D eigenvalue weighted by Gasteiger charge is 2.29. The Kier molecular flexibility index (Phi) is 4.14. The normalized spacial score (nSPS) is 16.6. The van der Waals surface area contributed by atoms with E-state index in [9.17, 15) is 4.79 Å². The first-order valence-electron chi connectivity index (χ1n) is 6.49. The first kappa shape index (κ1) is 13.5. The van der Waals surface area contributed by atoms with Crippen LogP contribution in [-0.4, -0.2) is 23.8 Å². The van der Waals surface area contributed by atoms with Crippen LogP contribution in [0.25, 0.3) is 5.70 Å². The topological polar surface area (TPSA) is 64.7 Å². The van der Waals surface area contributed by atoms with E-state index in [4.69, 9.17) is 9.15 Å². The van der Waals surface area contributed by atoms with Crippen molar-refractivity contribution in [2.75, 3.05) is 6.61 Å². The van der Waals surface area contributed by atoms with Crippen molar-refractivity contribution >= 4 is 17.9 Å². The summed E-state index contributed by atoms with van der Waals surface area (Å²) in [5.41, 5.74) is 2.04. The van der Waals surface area contributed by atoms with Crippen LogP contribution >= 0.6 is 0 Å². The van der Waals surface area contributed by atoms with Crippen molar-refractivity contribution in [2.24, 2.45) is 10.9 Å². The Labute approximate surface area is 112 Å². The average Bonchev–Trinajstić information content (AvgIpc) is 3.13. The second-order valence-corrected chi connectivity index (χ2v) is 4.44. The fourth-order valence-electron chi connectivity index (χ4n) is 1.94. The predicted molar refractivity (Wildman–Crippen MR) is 71.9 cm³/mol. The van der Waals surface area contributed by atoms with Gasteiger partial charge in [0.1, 0.15) is 5.70 Å². The highest BCUT2D eigenvalue weighted by Crippen LogP contribution is 2.40. The quantitative estimate of drug-likeness (QED) is 0.604. The lowest BCUT2D eigenvalue weighted by Gasteiger charge is -2.06. The molecule has 2 rings (SSSR count). The number of oxazole rings is 1. The molecule has 0 N–H and O–H groups in total. The number of aromatic nitrogens is 1. The van der Waals surface area contributed by atoms with Gasteiger partial charge in [0.15, 0.2) is 17.8 Å². The molecular formula is C14H18N2O3. The van der Waals surface area contributed by atoms with Gasteiger partial charge >= 0.3 is 5.97 Å². The smallest absolute Gasteiger partial charge is 0.361 e. The maximum absolute atomic E-state index is 11.8. The Morgan fingerprint density at radius 1 is 1.63 bits per heavy atom. The molecule has 0 saturated heterocycles. The van der Waals surface area contributed by atoms with Gasteiger partial charge in [-0.1, -0.05) is 0 Å². The van der Waals surface area contributed by atoms with Crippen LogP contribution in [0.1, 0.15) is 49.9 Å². The molecule has 0 amide bonds. The van der Waals surface area contributed by atoms with Crippen LogP contribution in [0.4, 0.5) is 0 Å². The van der Waals surface area contributed by atoms with E-state index in [0.29, 0.717) is 24.0 Å². The number of nitrogens with zero attached hydrogens (tertiary/aromatic N) is 2. The number of aliphatic imine (C=N–C) groups is 1. The molecule has 0 bridgehead atoms. The van der Waals surface area contributed by atoms with E-state index in [1.807, 2.05) is 13.8 Å². The zero-order chi connectivity index (χ0) is 13.8. The second kappa shape index (κ2) is 5.82. The minimum absolute atomic E-state index is 0.197. The van der Waals surface area contributed by atoms with E-state index in [1.165, 1.54) is 6.39 Å². The van der Waals surface area contributed by atoms with Crippen molar-refractivity contribution in [3.63, 3.8) is 0 Å². The molecule has 0 aromatic carbocycles. The van der Waals surface area contributed by atoms with Gasteiger partial charge in [-0.25, -0.2) is 9.78 Å². The molecule has 1 fully saturated rings. The van der Waals surface area contributed by atoms with E-state index in [0.717, 1.165) is 18.4 Å². The molecule has 0 aliphatic heterocycles. The molecule has 19 heavy (non-hydrogen) atoms. The molecule has 5 nitrogen and oxygen atoms in total. The van der Waals surface area contributed by atoms with Crippen molar-refractivity contribution in [2.45, 2.75) is 33.6 Å². The predicted octanol–water partition coefficient (Wildman–Crippen LogP) is 3.08. The number of carbonyl (C=O) groups excluding carboxylic acids is 1. The standard InChI is InChI=1S/C14H18N2O3/c1-4-15-11(9(3)10-6-7-10)13-12(16-8-19-13)14(17)18-5-2/h4,8,10H,5-7H2,1-3H3/b11-9+,15-4-. The van der Waals surface area contributed by atoms with Gasteiger partial charge in [0.2, 0.25) is 0 Å². The third-order valence-electron chi connectivity index (χ3n) is 3.07. The van der Waals surface area contributed by atoms with Gasteiger partial charge in [-0.05, 0) is 45.1 Å². The summed E-state index contributed by atoms with van der Waals surface area (Å²) in [6.45, 7) is 5.93. The van der Waals surface area contributed by atoms with Crippen LogP contribution in [0.3, 0.4) is 0 Å². The summed E-state index contributed by atoms with van der Waals surface area (Å²) in [5, 5.41) is 0. The molecule has 1 aromatic rings. The van der Waals surface area contributed by atoms with Gasteiger partial charge in [0.05, 0.1) is 6.61 Å². The summed E-state index contributed by atoms with van der Waals surface area (Å²) >= 11 is 0. The molecule has 1 aliphatic rings. The minimum atomic E-state index is -0.473. The van der Waals surface area contributed by atoms with Gasteiger partial charge in [-0.3, -0.25) is 4.99 Å². The molecule has 0 atom stereocenters. The summed E-state index contributed by atoms with van der Waals surface area (Å²) < 4.78 is 10.3. The zero-order valence-electron chi connectivity index (χ0n) is 11.5. The molecule has 1 aromatic heterocycles. The monoisotopic (exact) mass is 262 g/mol. The maximum atomic E-state index is 11.8. The first-order valence-corrected chi connectivity index (χ1v) is 6.49. The number of rotatable bonds is 5. The number of hydrogen-bond acceptors (Lipinski definition) is 5. The summed E-state index contributed by atoms with van der Waals surface area (Å²) in [7, 11) is 0. The largest absolute Gasteiger partial charge is 0.461 e. The number of allylic oxidation sites excluding steroid dienone is 1. The van der Waals surface area contributed by atoms with Crippen molar-refractivity contribution < 1.29 is 13.9 Å². The second-order valence-electron chi connectivity index (χ2n) is 4.44. The van der Waals surface area contributed by atoms with E-state index >= 15 is 0 Å². The van der Waals surface area contributed by atoms with Crippen LogP contribution in [0.15, 0.2) is 21.4 Å². The molecule has 5 heteroatoms. The molecule has 1 heterocycles. The lowest BCUT2D eigenvalue weighted by Crippen LogP contribution is -2.08. The number of hydrogen-bond donors (Lipinski definition) is 0. The minimum Gasteiger partial charge on any atom is -0.461 e. The maximum Gasteiger partial charge on any atom is 0.361 e. The van der Waals surface area contributed by atoms with Crippen molar-refractivity contribution in [1.82, 2.24) is 4.98 Å². The van der Waals surface area contributed by atoms with Crippen LogP contribution in [-0.2, 0) is 4.74 Å². The van der Waals surface area contributed by atoms with Gasteiger partial charge < -0.3 is 9.15 Å². The van der Waals surface area contributed by atoms with Gasteiger partial charge in [0.25, 0.3) is 0 Å². The zero-order valence-corrected chi connectivity index (χ0v) is 11.5. The van der Waals surface area contributed by atoms with Crippen molar-refractivity contribution in [3.05, 3.63) is 23.4 Å². The van der Waals surface area contributed by atoms with Crippen LogP contribution in [0, 0.1) is 5.92 Å². The molecule has 1 aliphatic carbocycles. The van der Waals surface area contributed by atoms with Gasteiger partial charge in [-0.2, -0.15) is 0 Å². The fraction of sp³-hybridized carbons (Fsp3) is 0.500. The van der Waals surface area contributed by atoms with Crippen molar-refractivity contribution in [1.29, 1.82) is 0 Å². The van der Waals surface area contributed by atoms with Gasteiger partial charge in [-0.15, -0.1) is 0 Å². The van der Waals surface area contributed by atoms with E-state index < -0.39 is 5.97 Å². The molecule has 0 unspecified atom stereocenters. The van der Waals surface area contributed by atoms with E-state index in [2.05, 4.69) is 9.98 Å². The lowest BCUT2D eigenvalue weighted by atomic mass is 10.1. The van der Waals surface area contributed by atoms with Crippen LogP contribution < -0.4 is 0 Å². The summed E-state index contributed by atoms with van der Waals surface area (Å²) in [5.74, 6) is 0.471. The van der Waals surface area contributed by atoms with Crippen molar-refractivity contribution in [3.8, 4) is 0 Å². The summed E-state index contributed by atoms with van der Waals surface area (Å²) in [6.07, 6.45) is 5.28. The number of esters is 1. The highest BCUT2D eigenvalue weighted by molar-refractivity contribution is 5.93. The summed E-state index contributed by atoms with van der Waals surface area (Å²) in [4.78, 5) is 20.1. The Balaban J connectivity index is 2.41.